The molecule has 3 amide bonds. The first kappa shape index (κ1) is 27.9. The molecule has 1 aliphatic rings. The van der Waals surface area contributed by atoms with E-state index in [4.69, 9.17) is 21.1 Å². The Kier molecular flexibility index (Phi) is 8.32. The minimum Gasteiger partial charge on any atom is -0.452 e. The molecule has 2 heterocycles. The number of aromatic nitrogens is 1. The Balaban J connectivity index is 1.31. The molecule has 2 N–H and O–H groups in total. The number of hydrogen-bond acceptors (Lipinski definition) is 5. The third-order valence-electron chi connectivity index (χ3n) is 6.63. The van der Waals surface area contributed by atoms with Gasteiger partial charge in [0.25, 0.3) is 5.56 Å². The molecule has 0 bridgehead atoms. The zero-order valence-corrected chi connectivity index (χ0v) is 22.7. The Bertz CT molecular complexity index is 1610. The molecule has 1 aliphatic heterocycles. The van der Waals surface area contributed by atoms with Gasteiger partial charge in [-0.3, -0.25) is 14.2 Å². The molecule has 4 aromatic rings. The molecule has 11 heteroatoms. The summed E-state index contributed by atoms with van der Waals surface area (Å²) in [6.07, 6.45) is 1.36. The lowest BCUT2D eigenvalue weighted by Crippen LogP contribution is -2.45. The van der Waals surface area contributed by atoms with Crippen molar-refractivity contribution in [3.8, 4) is 17.2 Å². The van der Waals surface area contributed by atoms with E-state index in [1.807, 2.05) is 6.07 Å². The minimum absolute atomic E-state index is 0.0717. The Morgan fingerprint density at radius 1 is 0.976 bits per heavy atom. The highest BCUT2D eigenvalue weighted by atomic mass is 35.5. The number of likely N-dealkylation sites (tertiary alicyclic amines) is 1. The van der Waals surface area contributed by atoms with E-state index in [0.29, 0.717) is 16.5 Å². The molecule has 2 atom stereocenters. The minimum atomic E-state index is -0.902. The molecule has 0 aliphatic carbocycles. The number of pyridine rings is 1. The maximum Gasteiger partial charge on any atom is 0.322 e. The van der Waals surface area contributed by atoms with Crippen LogP contribution in [0.2, 0.25) is 5.02 Å². The van der Waals surface area contributed by atoms with Crippen molar-refractivity contribution in [1.29, 1.82) is 0 Å². The van der Waals surface area contributed by atoms with Gasteiger partial charge in [-0.05, 0) is 60.7 Å². The van der Waals surface area contributed by atoms with Crippen LogP contribution in [0.5, 0.6) is 11.5 Å². The van der Waals surface area contributed by atoms with Crippen molar-refractivity contribution >= 4 is 34.9 Å². The molecule has 0 saturated carbocycles. The fourth-order valence-electron chi connectivity index (χ4n) is 4.51. The number of nitrogens with one attached hydrogen (secondary N) is 2. The number of rotatable bonds is 7. The molecule has 210 valence electrons. The van der Waals surface area contributed by atoms with Gasteiger partial charge in [0.1, 0.15) is 17.6 Å². The first-order valence-corrected chi connectivity index (χ1v) is 13.1. The van der Waals surface area contributed by atoms with Crippen molar-refractivity contribution in [3.05, 3.63) is 112 Å². The maximum absolute atomic E-state index is 15.2. The van der Waals surface area contributed by atoms with Crippen LogP contribution in [0.1, 0.15) is 6.42 Å². The van der Waals surface area contributed by atoms with Crippen LogP contribution >= 0.6 is 11.6 Å². The molecule has 41 heavy (non-hydrogen) atoms. The number of urea groups is 1. The fourth-order valence-corrected chi connectivity index (χ4v) is 4.64. The number of carbonyl (C=O) groups excluding carboxylic acids is 2. The number of methoxy groups -OCH3 is 1. The van der Waals surface area contributed by atoms with Gasteiger partial charge in [-0.2, -0.15) is 0 Å². The predicted octanol–water partition coefficient (Wildman–Crippen LogP) is 5.68. The predicted molar refractivity (Wildman–Crippen MR) is 154 cm³/mol. The van der Waals surface area contributed by atoms with E-state index in [-0.39, 0.29) is 36.2 Å². The summed E-state index contributed by atoms with van der Waals surface area (Å²) in [7, 11) is 1.50. The average Bonchev–Trinajstić information content (AvgIpc) is 3.42. The molecule has 1 saturated heterocycles. The first-order chi connectivity index (χ1) is 19.8. The zero-order valence-electron chi connectivity index (χ0n) is 21.9. The second kappa shape index (κ2) is 12.2. The smallest absolute Gasteiger partial charge is 0.322 e. The van der Waals surface area contributed by atoms with Gasteiger partial charge in [0.05, 0.1) is 17.5 Å². The summed E-state index contributed by atoms with van der Waals surface area (Å²) in [6.45, 7) is 0.180. The Hall–Kier alpha value is -4.67. The molecule has 5 rings (SSSR count). The number of para-hydroxylation sites is 1. The average molecular weight is 577 g/mol. The highest BCUT2D eigenvalue weighted by Crippen LogP contribution is 2.25. The molecule has 0 unspecified atom stereocenters. The largest absolute Gasteiger partial charge is 0.452 e. The van der Waals surface area contributed by atoms with Gasteiger partial charge in [0.15, 0.2) is 5.75 Å². The van der Waals surface area contributed by atoms with Crippen molar-refractivity contribution in [1.82, 2.24) is 9.47 Å². The lowest BCUT2D eigenvalue weighted by molar-refractivity contribution is -0.119. The van der Waals surface area contributed by atoms with Gasteiger partial charge in [-0.1, -0.05) is 29.8 Å². The molecule has 0 radical (unpaired) electrons. The van der Waals surface area contributed by atoms with Crippen molar-refractivity contribution in [2.45, 2.75) is 18.6 Å². The van der Waals surface area contributed by atoms with Crippen LogP contribution in [0.4, 0.5) is 20.6 Å². The van der Waals surface area contributed by atoms with Crippen LogP contribution in [-0.4, -0.2) is 47.2 Å². The van der Waals surface area contributed by atoms with E-state index >= 15 is 4.39 Å². The monoisotopic (exact) mass is 576 g/mol. The first-order valence-electron chi connectivity index (χ1n) is 12.7. The lowest BCUT2D eigenvalue weighted by Gasteiger charge is -2.24. The number of benzene rings is 3. The molecular formula is C30H26ClFN4O5. The number of amides is 3. The third kappa shape index (κ3) is 6.40. The van der Waals surface area contributed by atoms with E-state index in [0.717, 1.165) is 6.07 Å². The van der Waals surface area contributed by atoms with E-state index in [9.17, 15) is 14.4 Å². The summed E-state index contributed by atoms with van der Waals surface area (Å²) in [6, 6.07) is 21.1. The zero-order chi connectivity index (χ0) is 28.9. The topological polar surface area (TPSA) is 102 Å². The van der Waals surface area contributed by atoms with Gasteiger partial charge >= 0.3 is 6.03 Å². The summed E-state index contributed by atoms with van der Waals surface area (Å²) in [4.78, 5) is 40.6. The summed E-state index contributed by atoms with van der Waals surface area (Å²) in [5.41, 5.74) is 0.177. The molecule has 0 spiro atoms. The molecule has 9 nitrogen and oxygen atoms in total. The van der Waals surface area contributed by atoms with E-state index in [1.54, 1.807) is 54.6 Å². The molecule has 1 fully saturated rings. The van der Waals surface area contributed by atoms with Crippen LogP contribution in [0.15, 0.2) is 95.9 Å². The van der Waals surface area contributed by atoms with E-state index < -0.39 is 29.4 Å². The third-order valence-corrected chi connectivity index (χ3v) is 6.88. The Morgan fingerprint density at radius 3 is 2.44 bits per heavy atom. The van der Waals surface area contributed by atoms with Gasteiger partial charge in [0, 0.05) is 43.0 Å². The Morgan fingerprint density at radius 2 is 1.73 bits per heavy atom. The molecule has 3 aromatic carbocycles. The SMILES string of the molecule is CO[C@@H]1C[C@H](C(=O)Nc2ccc(-n3cccc(Oc4ccccc4)c3=O)cc2F)N(C(=O)Nc2ccc(Cl)cc2)C1. The van der Waals surface area contributed by atoms with Crippen LogP contribution in [0.25, 0.3) is 5.69 Å². The van der Waals surface area contributed by atoms with E-state index in [2.05, 4.69) is 10.6 Å². The van der Waals surface area contributed by atoms with Crippen molar-refractivity contribution in [3.63, 3.8) is 0 Å². The highest BCUT2D eigenvalue weighted by molar-refractivity contribution is 6.30. The standard InChI is InChI=1S/C30H26ClFN4O5/c1-40-23-17-26(36(18-23)30(39)33-20-11-9-19(31)10-12-20)28(37)34-25-14-13-21(16-24(25)32)35-15-5-8-27(29(35)38)41-22-6-3-2-4-7-22/h2-16,23,26H,17-18H2,1H3,(H,33,39)(H,34,37)/t23-,26-/m1/s1. The maximum atomic E-state index is 15.2. The number of hydrogen-bond donors (Lipinski definition) is 2. The molecule has 1 aromatic heterocycles. The van der Waals surface area contributed by atoms with Gasteiger partial charge in [-0.25, -0.2) is 9.18 Å². The summed E-state index contributed by atoms with van der Waals surface area (Å²) >= 11 is 5.91. The van der Waals surface area contributed by atoms with E-state index in [1.165, 1.54) is 41.0 Å². The van der Waals surface area contributed by atoms with Gasteiger partial charge in [-0.15, -0.1) is 0 Å². The van der Waals surface area contributed by atoms with Crippen LogP contribution < -0.4 is 20.9 Å². The Labute approximate surface area is 240 Å². The fraction of sp³-hybridized carbons (Fsp3) is 0.167. The molecular weight excluding hydrogens is 551 g/mol. The number of carbonyl (C=O) groups is 2. The summed E-state index contributed by atoms with van der Waals surface area (Å²) in [5.74, 6) is -0.763. The quantitative estimate of drug-likeness (QED) is 0.295. The van der Waals surface area contributed by atoms with Crippen LogP contribution in [-0.2, 0) is 9.53 Å². The van der Waals surface area contributed by atoms with Crippen LogP contribution in [0.3, 0.4) is 0 Å². The normalized spacial score (nSPS) is 16.3. The van der Waals surface area contributed by atoms with Crippen molar-refractivity contribution in [2.75, 3.05) is 24.3 Å². The van der Waals surface area contributed by atoms with Gasteiger partial charge in [0.2, 0.25) is 5.91 Å². The number of ether oxygens (including phenoxy) is 2. The number of nitrogens with zero attached hydrogens (tertiary/aromatic N) is 2. The lowest BCUT2D eigenvalue weighted by atomic mass is 10.1. The van der Waals surface area contributed by atoms with Crippen molar-refractivity contribution in [2.24, 2.45) is 0 Å². The second-order valence-corrected chi connectivity index (χ2v) is 9.75. The summed E-state index contributed by atoms with van der Waals surface area (Å²) < 4.78 is 27.5. The van der Waals surface area contributed by atoms with Gasteiger partial charge < -0.3 is 25.0 Å². The van der Waals surface area contributed by atoms with Crippen LogP contribution in [0, 0.1) is 5.82 Å². The highest BCUT2D eigenvalue weighted by Gasteiger charge is 2.40. The second-order valence-electron chi connectivity index (χ2n) is 9.31. The van der Waals surface area contributed by atoms with Crippen molar-refractivity contribution < 1.29 is 23.5 Å². The number of anilines is 2. The summed E-state index contributed by atoms with van der Waals surface area (Å²) in [5, 5.41) is 5.83. The number of halogens is 2.